The van der Waals surface area contributed by atoms with E-state index in [0.717, 1.165) is 53.5 Å². The number of aromatic amines is 1. The summed E-state index contributed by atoms with van der Waals surface area (Å²) in [5, 5.41) is 14.1. The molecule has 7 heteroatoms. The zero-order chi connectivity index (χ0) is 24.0. The van der Waals surface area contributed by atoms with E-state index in [2.05, 4.69) is 95.6 Å². The Balaban J connectivity index is 1.80. The molecule has 176 valence electrons. The average Bonchev–Trinajstić information content (AvgIpc) is 3.33. The average molecular weight is 457 g/mol. The Hall–Kier alpha value is -3.48. The minimum absolute atomic E-state index is 0.0990. The van der Waals surface area contributed by atoms with Crippen molar-refractivity contribution in [3.63, 3.8) is 0 Å². The van der Waals surface area contributed by atoms with Crippen LogP contribution in [0.25, 0.3) is 10.9 Å². The highest BCUT2D eigenvalue weighted by Gasteiger charge is 2.36. The van der Waals surface area contributed by atoms with Gasteiger partial charge in [-0.1, -0.05) is 37.3 Å². The summed E-state index contributed by atoms with van der Waals surface area (Å²) in [5.41, 5.74) is 5.78. The molecule has 0 saturated carbocycles. The maximum Gasteiger partial charge on any atom is 0.254 e. The summed E-state index contributed by atoms with van der Waals surface area (Å²) < 4.78 is 1.90. The van der Waals surface area contributed by atoms with Crippen molar-refractivity contribution < 1.29 is 0 Å². The van der Waals surface area contributed by atoms with Crippen LogP contribution in [0.1, 0.15) is 67.7 Å². The van der Waals surface area contributed by atoms with Crippen LogP contribution in [-0.4, -0.2) is 31.7 Å². The lowest BCUT2D eigenvalue weighted by atomic mass is 9.94. The van der Waals surface area contributed by atoms with E-state index in [1.54, 1.807) is 0 Å². The van der Waals surface area contributed by atoms with Gasteiger partial charge in [0.1, 0.15) is 6.04 Å². The monoisotopic (exact) mass is 456 g/mol. The number of hydrogen-bond donors (Lipinski definition) is 1. The van der Waals surface area contributed by atoms with Crippen LogP contribution in [-0.2, 0) is 12.0 Å². The molecule has 2 aromatic carbocycles. The van der Waals surface area contributed by atoms with Crippen LogP contribution in [0.5, 0.6) is 0 Å². The van der Waals surface area contributed by atoms with Gasteiger partial charge in [-0.3, -0.25) is 4.79 Å². The summed E-state index contributed by atoms with van der Waals surface area (Å²) in [6.07, 6.45) is 2.90. The van der Waals surface area contributed by atoms with E-state index in [1.165, 1.54) is 5.56 Å². The Bertz CT molecular complexity index is 1420. The topological polar surface area (TPSA) is 79.7 Å². The molecule has 0 spiro atoms. The van der Waals surface area contributed by atoms with Gasteiger partial charge < -0.3 is 9.88 Å². The first kappa shape index (κ1) is 22.3. The predicted molar refractivity (Wildman–Crippen MR) is 135 cm³/mol. The number of rotatable bonds is 5. The number of nitrogens with one attached hydrogen (secondary N) is 1. The number of anilines is 1. The second-order valence-electron chi connectivity index (χ2n) is 9.98. The van der Waals surface area contributed by atoms with Crippen molar-refractivity contribution in [2.45, 2.75) is 65.5 Å². The van der Waals surface area contributed by atoms with Crippen LogP contribution in [0, 0.1) is 13.8 Å². The van der Waals surface area contributed by atoms with E-state index in [4.69, 9.17) is 0 Å². The Morgan fingerprint density at radius 2 is 1.88 bits per heavy atom. The van der Waals surface area contributed by atoms with Crippen molar-refractivity contribution in [2.24, 2.45) is 0 Å². The van der Waals surface area contributed by atoms with E-state index in [1.807, 2.05) is 11.6 Å². The van der Waals surface area contributed by atoms with Crippen LogP contribution in [0.3, 0.4) is 0 Å². The van der Waals surface area contributed by atoms with Crippen molar-refractivity contribution in [2.75, 3.05) is 11.4 Å². The molecule has 1 atom stereocenters. The summed E-state index contributed by atoms with van der Waals surface area (Å²) >= 11 is 0. The van der Waals surface area contributed by atoms with Gasteiger partial charge in [0.25, 0.3) is 5.56 Å². The van der Waals surface area contributed by atoms with E-state index in [-0.39, 0.29) is 11.1 Å². The Kier molecular flexibility index (Phi) is 5.50. The molecule has 3 heterocycles. The van der Waals surface area contributed by atoms with Crippen LogP contribution in [0.15, 0.2) is 47.3 Å². The first-order valence-corrected chi connectivity index (χ1v) is 12.1. The van der Waals surface area contributed by atoms with Crippen LogP contribution in [0.2, 0.25) is 0 Å². The molecule has 4 aromatic rings. The van der Waals surface area contributed by atoms with Gasteiger partial charge in [-0.2, -0.15) is 0 Å². The molecule has 0 aliphatic carbocycles. The SMILES string of the molecule is CCC(C)(C)n1nnnc1[C@H](c1cc2c(C)ccc(C)c2[nH]c1=O)N1CCCc2ccccc21. The van der Waals surface area contributed by atoms with Crippen molar-refractivity contribution in [1.29, 1.82) is 0 Å². The number of tetrazole rings is 1. The van der Waals surface area contributed by atoms with Crippen molar-refractivity contribution in [3.8, 4) is 0 Å². The molecule has 0 saturated heterocycles. The third-order valence-electron chi connectivity index (χ3n) is 7.40. The second kappa shape index (κ2) is 8.38. The largest absolute Gasteiger partial charge is 0.357 e. The zero-order valence-electron chi connectivity index (χ0n) is 20.6. The number of hydrogen-bond acceptors (Lipinski definition) is 5. The van der Waals surface area contributed by atoms with E-state index in [0.29, 0.717) is 11.4 Å². The van der Waals surface area contributed by atoms with Crippen molar-refractivity contribution in [1.82, 2.24) is 25.2 Å². The standard InChI is InChI=1S/C27H32N6O/c1-6-27(4,5)33-25(29-30-31-33)24(32-15-9-11-19-10-7-8-12-22(19)32)21-16-20-17(2)13-14-18(3)23(20)28-26(21)34/h7-8,10,12-14,16,24H,6,9,11,15H2,1-5H3,(H,28,34)/t24-/m0/s1. The van der Waals surface area contributed by atoms with Gasteiger partial charge in [-0.25, -0.2) is 4.68 Å². The molecule has 0 fully saturated rings. The maximum atomic E-state index is 13.7. The van der Waals surface area contributed by atoms with Gasteiger partial charge in [0.15, 0.2) is 5.82 Å². The number of H-pyrrole nitrogens is 1. The molecule has 1 aliphatic heterocycles. The normalized spacial score (nSPS) is 14.9. The molecule has 0 bridgehead atoms. The Morgan fingerprint density at radius 1 is 1.12 bits per heavy atom. The van der Waals surface area contributed by atoms with Crippen LogP contribution >= 0.6 is 0 Å². The lowest BCUT2D eigenvalue weighted by molar-refractivity contribution is 0.287. The molecular weight excluding hydrogens is 424 g/mol. The molecule has 7 nitrogen and oxygen atoms in total. The van der Waals surface area contributed by atoms with E-state index < -0.39 is 6.04 Å². The first-order valence-electron chi connectivity index (χ1n) is 12.1. The summed E-state index contributed by atoms with van der Waals surface area (Å²) in [7, 11) is 0. The molecule has 0 unspecified atom stereocenters. The molecule has 2 aromatic heterocycles. The molecule has 1 aliphatic rings. The van der Waals surface area contributed by atoms with Crippen LogP contribution in [0.4, 0.5) is 5.69 Å². The van der Waals surface area contributed by atoms with E-state index >= 15 is 0 Å². The number of pyridine rings is 1. The zero-order valence-corrected chi connectivity index (χ0v) is 20.6. The lowest BCUT2D eigenvalue weighted by Gasteiger charge is -2.38. The maximum absolute atomic E-state index is 13.7. The number of benzene rings is 2. The molecule has 1 N–H and O–H groups in total. The third kappa shape index (κ3) is 3.59. The Morgan fingerprint density at radius 3 is 2.68 bits per heavy atom. The number of aromatic nitrogens is 5. The fourth-order valence-corrected chi connectivity index (χ4v) is 5.02. The van der Waals surface area contributed by atoms with Crippen LogP contribution < -0.4 is 10.5 Å². The molecular formula is C27H32N6O. The van der Waals surface area contributed by atoms with Gasteiger partial charge in [0.05, 0.1) is 11.1 Å². The smallest absolute Gasteiger partial charge is 0.254 e. The summed E-state index contributed by atoms with van der Waals surface area (Å²) in [4.78, 5) is 19.2. The lowest BCUT2D eigenvalue weighted by Crippen LogP contribution is -2.40. The third-order valence-corrected chi connectivity index (χ3v) is 7.40. The first-order chi connectivity index (χ1) is 16.3. The summed E-state index contributed by atoms with van der Waals surface area (Å²) in [6, 6.07) is 14.3. The summed E-state index contributed by atoms with van der Waals surface area (Å²) in [5.74, 6) is 0.693. The second-order valence-corrected chi connectivity index (χ2v) is 9.98. The quantitative estimate of drug-likeness (QED) is 0.466. The van der Waals surface area contributed by atoms with Gasteiger partial charge in [-0.05, 0) is 86.2 Å². The number of para-hydroxylation sites is 1. The van der Waals surface area contributed by atoms with Crippen molar-refractivity contribution >= 4 is 16.6 Å². The molecule has 34 heavy (non-hydrogen) atoms. The fraction of sp³-hybridized carbons (Fsp3) is 0.407. The fourth-order valence-electron chi connectivity index (χ4n) is 5.02. The number of fused-ring (bicyclic) bond motifs is 2. The number of aryl methyl sites for hydroxylation is 3. The minimum Gasteiger partial charge on any atom is -0.357 e. The predicted octanol–water partition coefficient (Wildman–Crippen LogP) is 4.82. The van der Waals surface area contributed by atoms with Gasteiger partial charge in [0, 0.05) is 23.2 Å². The van der Waals surface area contributed by atoms with Gasteiger partial charge >= 0.3 is 0 Å². The molecule has 0 radical (unpaired) electrons. The van der Waals surface area contributed by atoms with Gasteiger partial charge in [0.2, 0.25) is 0 Å². The highest BCUT2D eigenvalue weighted by Crippen LogP contribution is 2.38. The number of nitrogens with zero attached hydrogens (tertiary/aromatic N) is 5. The molecule has 5 rings (SSSR count). The Labute approximate surface area is 199 Å². The van der Waals surface area contributed by atoms with E-state index in [9.17, 15) is 4.79 Å². The highest BCUT2D eigenvalue weighted by molar-refractivity contribution is 5.85. The molecule has 0 amide bonds. The van der Waals surface area contributed by atoms with Crippen molar-refractivity contribution in [3.05, 3.63) is 80.9 Å². The van der Waals surface area contributed by atoms with Gasteiger partial charge in [-0.15, -0.1) is 5.10 Å². The summed E-state index contributed by atoms with van der Waals surface area (Å²) in [6.45, 7) is 11.3. The minimum atomic E-state index is -0.407. The highest BCUT2D eigenvalue weighted by atomic mass is 16.1.